The third-order valence-corrected chi connectivity index (χ3v) is 6.57. The first-order valence-electron chi connectivity index (χ1n) is 11.9. The van der Waals surface area contributed by atoms with Gasteiger partial charge in [-0.15, -0.1) is 0 Å². The number of nitrogens with one attached hydrogen (secondary N) is 1. The molecule has 1 aliphatic heterocycles. The molecule has 0 bridgehead atoms. The summed E-state index contributed by atoms with van der Waals surface area (Å²) >= 11 is 0. The number of anilines is 1. The van der Waals surface area contributed by atoms with Crippen molar-refractivity contribution in [1.29, 1.82) is 0 Å². The third kappa shape index (κ3) is 4.53. The fourth-order valence-corrected chi connectivity index (χ4v) is 4.46. The molecule has 0 atom stereocenters. The normalized spacial score (nSPS) is 14.2. The molecule has 1 aliphatic rings. The molecule has 2 aromatic carbocycles. The van der Waals surface area contributed by atoms with Gasteiger partial charge in [0.25, 0.3) is 11.5 Å². The van der Waals surface area contributed by atoms with Crippen molar-refractivity contribution >= 4 is 22.6 Å². The van der Waals surface area contributed by atoms with Gasteiger partial charge in [0.15, 0.2) is 5.82 Å². The molecule has 0 radical (unpaired) electrons. The van der Waals surface area contributed by atoms with Crippen molar-refractivity contribution in [2.45, 2.75) is 0 Å². The molecule has 4 aromatic rings. The number of likely N-dealkylation sites (N-methyl/N-ethyl adjacent to an activating group) is 1. The van der Waals surface area contributed by atoms with E-state index in [9.17, 15) is 9.59 Å². The standard InChI is InChI=1S/C26H28FN7O3/c1-31(2)26(36)17-13-19(27)25(21(14-17)37-4)34-22(35)15-20-24(30-34)23(29-28-20)16-5-7-18(8-6-16)33-11-9-32(3)10-12-33/h5-8,13-15,28H,9-12H2,1-4H3. The van der Waals surface area contributed by atoms with E-state index in [1.807, 2.05) is 24.3 Å². The van der Waals surface area contributed by atoms with E-state index in [2.05, 4.69) is 32.1 Å². The quantitative estimate of drug-likeness (QED) is 0.445. The van der Waals surface area contributed by atoms with Gasteiger partial charge in [-0.25, -0.2) is 4.39 Å². The summed E-state index contributed by atoms with van der Waals surface area (Å²) in [6.45, 7) is 3.94. The molecule has 3 heterocycles. The minimum atomic E-state index is -0.805. The van der Waals surface area contributed by atoms with E-state index >= 15 is 4.39 Å². The number of aromatic nitrogens is 4. The molecule has 1 saturated heterocycles. The van der Waals surface area contributed by atoms with Crippen molar-refractivity contribution in [2.75, 3.05) is 59.3 Å². The van der Waals surface area contributed by atoms with Crippen LogP contribution < -0.4 is 15.2 Å². The minimum absolute atomic E-state index is 0.0146. The van der Waals surface area contributed by atoms with Crippen LogP contribution in [0.15, 0.2) is 47.3 Å². The Hall–Kier alpha value is -4.25. The zero-order chi connectivity index (χ0) is 26.3. The van der Waals surface area contributed by atoms with E-state index in [1.54, 1.807) is 14.1 Å². The van der Waals surface area contributed by atoms with Gasteiger partial charge < -0.3 is 19.4 Å². The van der Waals surface area contributed by atoms with Crippen LogP contribution >= 0.6 is 0 Å². The van der Waals surface area contributed by atoms with Crippen LogP contribution in [0.4, 0.5) is 10.1 Å². The molecule has 5 rings (SSSR count). The summed E-state index contributed by atoms with van der Waals surface area (Å²) in [5, 5.41) is 11.7. The number of ether oxygens (including phenoxy) is 1. The zero-order valence-electron chi connectivity index (χ0n) is 21.2. The number of nitrogens with zero attached hydrogens (tertiary/aromatic N) is 6. The van der Waals surface area contributed by atoms with Gasteiger partial charge in [-0.1, -0.05) is 12.1 Å². The lowest BCUT2D eigenvalue weighted by Gasteiger charge is -2.34. The van der Waals surface area contributed by atoms with Crippen molar-refractivity contribution in [3.63, 3.8) is 0 Å². The SMILES string of the molecule is COc1cc(C(=O)N(C)C)cc(F)c1-n1nc2c(-c3ccc(N4CCN(C)CC4)cc3)n[nH]c2cc1=O. The lowest BCUT2D eigenvalue weighted by molar-refractivity contribution is 0.0826. The maximum atomic E-state index is 15.3. The number of fused-ring (bicyclic) bond motifs is 1. The number of carbonyl (C=O) groups is 1. The van der Waals surface area contributed by atoms with Crippen LogP contribution in [0.3, 0.4) is 0 Å². The number of aromatic amines is 1. The number of hydrogen-bond acceptors (Lipinski definition) is 7. The van der Waals surface area contributed by atoms with Crippen molar-refractivity contribution in [2.24, 2.45) is 0 Å². The molecule has 2 aromatic heterocycles. The number of piperazine rings is 1. The summed E-state index contributed by atoms with van der Waals surface area (Å²) in [6, 6.07) is 11.8. The number of rotatable bonds is 5. The van der Waals surface area contributed by atoms with E-state index in [1.165, 1.54) is 24.1 Å². The largest absolute Gasteiger partial charge is 0.494 e. The van der Waals surface area contributed by atoms with Crippen LogP contribution in [0, 0.1) is 5.82 Å². The Morgan fingerprint density at radius 3 is 2.43 bits per heavy atom. The second-order valence-corrected chi connectivity index (χ2v) is 9.27. The van der Waals surface area contributed by atoms with E-state index in [4.69, 9.17) is 4.74 Å². The summed E-state index contributed by atoms with van der Waals surface area (Å²) < 4.78 is 21.6. The fourth-order valence-electron chi connectivity index (χ4n) is 4.46. The number of hydrogen-bond donors (Lipinski definition) is 1. The molecule has 11 heteroatoms. The topological polar surface area (TPSA) is 99.6 Å². The second-order valence-electron chi connectivity index (χ2n) is 9.27. The molecule has 0 saturated carbocycles. The van der Waals surface area contributed by atoms with Crippen LogP contribution in [0.1, 0.15) is 10.4 Å². The summed E-state index contributed by atoms with van der Waals surface area (Å²) in [5.41, 5.74) is 2.65. The Morgan fingerprint density at radius 2 is 1.78 bits per heavy atom. The van der Waals surface area contributed by atoms with Gasteiger partial charge in [0.05, 0.1) is 12.6 Å². The number of H-pyrrole nitrogens is 1. The highest BCUT2D eigenvalue weighted by Gasteiger charge is 2.22. The van der Waals surface area contributed by atoms with Crippen molar-refractivity contribution in [3.8, 4) is 22.7 Å². The number of amides is 1. The van der Waals surface area contributed by atoms with E-state index in [0.29, 0.717) is 16.7 Å². The van der Waals surface area contributed by atoms with Crippen molar-refractivity contribution in [1.82, 2.24) is 29.8 Å². The van der Waals surface area contributed by atoms with Crippen molar-refractivity contribution in [3.05, 3.63) is 64.2 Å². The highest BCUT2D eigenvalue weighted by molar-refractivity contribution is 5.95. The Bertz CT molecular complexity index is 1520. The van der Waals surface area contributed by atoms with Gasteiger partial charge in [-0.2, -0.15) is 14.9 Å². The Morgan fingerprint density at radius 1 is 1.08 bits per heavy atom. The third-order valence-electron chi connectivity index (χ3n) is 6.57. The summed E-state index contributed by atoms with van der Waals surface area (Å²) in [4.78, 5) is 31.2. The Balaban J connectivity index is 1.55. The van der Waals surface area contributed by atoms with Gasteiger partial charge in [-0.05, 0) is 31.3 Å². The molecule has 0 unspecified atom stereocenters. The Labute approximate surface area is 212 Å². The molecule has 1 amide bonds. The van der Waals surface area contributed by atoms with E-state index in [0.717, 1.165) is 48.2 Å². The molecular weight excluding hydrogens is 477 g/mol. The fraction of sp³-hybridized carbons (Fsp3) is 0.308. The summed E-state index contributed by atoms with van der Waals surface area (Å²) in [7, 11) is 6.60. The molecule has 37 heavy (non-hydrogen) atoms. The van der Waals surface area contributed by atoms with E-state index in [-0.39, 0.29) is 17.0 Å². The molecular formula is C26H28FN7O3. The summed E-state index contributed by atoms with van der Waals surface area (Å²) in [6.07, 6.45) is 0. The molecule has 10 nitrogen and oxygen atoms in total. The monoisotopic (exact) mass is 505 g/mol. The first-order valence-corrected chi connectivity index (χ1v) is 11.9. The molecule has 1 N–H and O–H groups in total. The first-order chi connectivity index (χ1) is 17.8. The van der Waals surface area contributed by atoms with Crippen LogP contribution in [0.2, 0.25) is 0 Å². The van der Waals surface area contributed by atoms with Gasteiger partial charge in [0.1, 0.15) is 22.6 Å². The van der Waals surface area contributed by atoms with Gasteiger partial charge >= 0.3 is 0 Å². The number of carbonyl (C=O) groups excluding carboxylic acids is 1. The first kappa shape index (κ1) is 24.4. The maximum Gasteiger partial charge on any atom is 0.273 e. The summed E-state index contributed by atoms with van der Waals surface area (Å²) in [5.74, 6) is -1.18. The van der Waals surface area contributed by atoms with Crippen LogP contribution in [0.25, 0.3) is 28.0 Å². The lowest BCUT2D eigenvalue weighted by atomic mass is 10.1. The predicted octanol–water partition coefficient (Wildman–Crippen LogP) is 2.38. The van der Waals surface area contributed by atoms with Crippen LogP contribution in [-0.2, 0) is 0 Å². The van der Waals surface area contributed by atoms with Gasteiger partial charge in [0, 0.05) is 63.2 Å². The van der Waals surface area contributed by atoms with Gasteiger partial charge in [-0.3, -0.25) is 14.7 Å². The van der Waals surface area contributed by atoms with E-state index < -0.39 is 17.3 Å². The highest BCUT2D eigenvalue weighted by Crippen LogP contribution is 2.30. The minimum Gasteiger partial charge on any atom is -0.494 e. The number of halogens is 1. The van der Waals surface area contributed by atoms with Crippen LogP contribution in [0.5, 0.6) is 5.75 Å². The Kier molecular flexibility index (Phi) is 6.38. The van der Waals surface area contributed by atoms with Crippen LogP contribution in [-0.4, -0.2) is 90.1 Å². The molecule has 1 fully saturated rings. The average molecular weight is 506 g/mol. The number of benzene rings is 2. The number of methoxy groups -OCH3 is 1. The van der Waals surface area contributed by atoms with Crippen molar-refractivity contribution < 1.29 is 13.9 Å². The molecule has 192 valence electrons. The molecule has 0 spiro atoms. The predicted molar refractivity (Wildman–Crippen MR) is 139 cm³/mol. The smallest absolute Gasteiger partial charge is 0.273 e. The maximum absolute atomic E-state index is 15.3. The molecule has 0 aliphatic carbocycles. The van der Waals surface area contributed by atoms with Gasteiger partial charge in [0.2, 0.25) is 0 Å². The highest BCUT2D eigenvalue weighted by atomic mass is 19.1. The second kappa shape index (κ2) is 9.66. The lowest BCUT2D eigenvalue weighted by Crippen LogP contribution is -2.44. The zero-order valence-corrected chi connectivity index (χ0v) is 21.2. The average Bonchev–Trinajstić information content (AvgIpc) is 3.30.